The number of aryl methyl sites for hydroxylation is 1. The summed E-state index contributed by atoms with van der Waals surface area (Å²) in [5, 5.41) is 3.53. The molecule has 1 aliphatic heterocycles. The van der Waals surface area contributed by atoms with E-state index in [-0.39, 0.29) is 5.91 Å². The molecule has 5 nitrogen and oxygen atoms in total. The average Bonchev–Trinajstić information content (AvgIpc) is 3.25. The monoisotopic (exact) mass is 353 g/mol. The van der Waals surface area contributed by atoms with Gasteiger partial charge in [0.05, 0.1) is 17.5 Å². The molecule has 0 atom stereocenters. The number of nitrogens with zero attached hydrogens (tertiary/aromatic N) is 2. The predicted molar refractivity (Wildman–Crippen MR) is 97.8 cm³/mol. The molecule has 2 aromatic heterocycles. The number of aromatic nitrogens is 1. The van der Waals surface area contributed by atoms with E-state index < -0.39 is 0 Å². The molecule has 0 aliphatic carbocycles. The number of hydrogen-bond donors (Lipinski definition) is 1. The molecular formula is C19H19N3O2S. The molecular weight excluding hydrogens is 334 g/mol. The SMILES string of the molecule is Cc1ccccc1CN1CCc2nc(NC(=O)c3ccoc3)sc2C1. The van der Waals surface area contributed by atoms with Crippen molar-refractivity contribution in [3.8, 4) is 0 Å². The van der Waals surface area contributed by atoms with Crippen molar-refractivity contribution < 1.29 is 9.21 Å². The lowest BCUT2D eigenvalue weighted by atomic mass is 10.1. The summed E-state index contributed by atoms with van der Waals surface area (Å²) in [6, 6.07) is 10.2. The van der Waals surface area contributed by atoms with E-state index in [1.54, 1.807) is 17.4 Å². The summed E-state index contributed by atoms with van der Waals surface area (Å²) in [5.74, 6) is -0.184. The van der Waals surface area contributed by atoms with Crippen molar-refractivity contribution >= 4 is 22.4 Å². The molecule has 0 saturated carbocycles. The van der Waals surface area contributed by atoms with Crippen LogP contribution in [0.25, 0.3) is 0 Å². The van der Waals surface area contributed by atoms with E-state index in [1.165, 1.54) is 28.5 Å². The zero-order chi connectivity index (χ0) is 17.2. The largest absolute Gasteiger partial charge is 0.472 e. The number of thiazole rings is 1. The number of hydrogen-bond acceptors (Lipinski definition) is 5. The fourth-order valence-electron chi connectivity index (χ4n) is 3.03. The van der Waals surface area contributed by atoms with Crippen molar-refractivity contribution in [2.45, 2.75) is 26.4 Å². The highest BCUT2D eigenvalue weighted by Crippen LogP contribution is 2.29. The molecule has 6 heteroatoms. The lowest BCUT2D eigenvalue weighted by Crippen LogP contribution is -2.29. The van der Waals surface area contributed by atoms with E-state index in [0.29, 0.717) is 10.7 Å². The minimum Gasteiger partial charge on any atom is -0.472 e. The van der Waals surface area contributed by atoms with Crippen LogP contribution in [0.4, 0.5) is 5.13 Å². The Bertz CT molecular complexity index is 886. The molecule has 0 radical (unpaired) electrons. The Hall–Kier alpha value is -2.44. The van der Waals surface area contributed by atoms with Gasteiger partial charge in [-0.25, -0.2) is 4.98 Å². The number of furan rings is 1. The zero-order valence-electron chi connectivity index (χ0n) is 14.0. The normalized spacial score (nSPS) is 14.3. The summed E-state index contributed by atoms with van der Waals surface area (Å²) in [7, 11) is 0. The summed E-state index contributed by atoms with van der Waals surface area (Å²) in [6.45, 7) is 4.96. The summed E-state index contributed by atoms with van der Waals surface area (Å²) >= 11 is 1.56. The molecule has 0 unspecified atom stereocenters. The summed E-state index contributed by atoms with van der Waals surface area (Å²) in [5.41, 5.74) is 4.30. The first kappa shape index (κ1) is 16.1. The second-order valence-electron chi connectivity index (χ2n) is 6.24. The minimum atomic E-state index is -0.184. The number of benzene rings is 1. The van der Waals surface area contributed by atoms with Gasteiger partial charge in [0, 0.05) is 30.9 Å². The first-order valence-corrected chi connectivity index (χ1v) is 9.09. The number of fused-ring (bicyclic) bond motifs is 1. The van der Waals surface area contributed by atoms with Crippen molar-refractivity contribution in [1.82, 2.24) is 9.88 Å². The van der Waals surface area contributed by atoms with Crippen LogP contribution < -0.4 is 5.32 Å². The highest BCUT2D eigenvalue weighted by molar-refractivity contribution is 7.15. The predicted octanol–water partition coefficient (Wildman–Crippen LogP) is 3.86. The Morgan fingerprint density at radius 1 is 1.36 bits per heavy atom. The third-order valence-corrected chi connectivity index (χ3v) is 5.47. The highest BCUT2D eigenvalue weighted by Gasteiger charge is 2.22. The molecule has 1 aliphatic rings. The smallest absolute Gasteiger partial charge is 0.260 e. The number of amides is 1. The van der Waals surface area contributed by atoms with Crippen LogP contribution in [0.1, 0.15) is 32.1 Å². The van der Waals surface area contributed by atoms with Gasteiger partial charge in [0.15, 0.2) is 5.13 Å². The lowest BCUT2D eigenvalue weighted by Gasteiger charge is -2.26. The standard InChI is InChI=1S/C19H19N3O2S/c1-13-4-2-3-5-14(13)10-22-8-6-16-17(11-22)25-19(20-16)21-18(23)15-7-9-24-12-15/h2-5,7,9,12H,6,8,10-11H2,1H3,(H,20,21,23). The summed E-state index contributed by atoms with van der Waals surface area (Å²) in [6.07, 6.45) is 3.84. The number of nitrogens with one attached hydrogen (secondary N) is 1. The van der Waals surface area contributed by atoms with E-state index >= 15 is 0 Å². The van der Waals surface area contributed by atoms with Crippen molar-refractivity contribution in [3.63, 3.8) is 0 Å². The molecule has 0 fully saturated rings. The van der Waals surface area contributed by atoms with E-state index in [4.69, 9.17) is 4.42 Å². The van der Waals surface area contributed by atoms with Crippen LogP contribution in [0.2, 0.25) is 0 Å². The van der Waals surface area contributed by atoms with Crippen molar-refractivity contribution in [1.29, 1.82) is 0 Å². The van der Waals surface area contributed by atoms with Gasteiger partial charge in [-0.2, -0.15) is 0 Å². The first-order valence-electron chi connectivity index (χ1n) is 8.28. The fraction of sp³-hybridized carbons (Fsp3) is 0.263. The molecule has 0 spiro atoms. The van der Waals surface area contributed by atoms with Gasteiger partial charge < -0.3 is 4.42 Å². The molecule has 1 aromatic carbocycles. The maximum Gasteiger partial charge on any atom is 0.260 e. The molecule has 25 heavy (non-hydrogen) atoms. The number of carbonyl (C=O) groups excluding carboxylic acids is 1. The molecule has 1 N–H and O–H groups in total. The molecule has 4 rings (SSSR count). The third kappa shape index (κ3) is 3.50. The lowest BCUT2D eigenvalue weighted by molar-refractivity contribution is 0.102. The minimum absolute atomic E-state index is 0.184. The average molecular weight is 353 g/mol. The topological polar surface area (TPSA) is 58.4 Å². The number of carbonyl (C=O) groups is 1. The van der Waals surface area contributed by atoms with Crippen LogP contribution in [0, 0.1) is 6.92 Å². The van der Waals surface area contributed by atoms with Gasteiger partial charge in [-0.05, 0) is 24.1 Å². The second-order valence-corrected chi connectivity index (χ2v) is 7.33. The van der Waals surface area contributed by atoms with Gasteiger partial charge in [-0.15, -0.1) is 11.3 Å². The van der Waals surface area contributed by atoms with Crippen LogP contribution in [0.5, 0.6) is 0 Å². The second kappa shape index (κ2) is 6.82. The van der Waals surface area contributed by atoms with Crippen molar-refractivity contribution in [2.75, 3.05) is 11.9 Å². The number of anilines is 1. The molecule has 1 amide bonds. The summed E-state index contributed by atoms with van der Waals surface area (Å²) < 4.78 is 4.95. The van der Waals surface area contributed by atoms with Gasteiger partial charge >= 0.3 is 0 Å². The van der Waals surface area contributed by atoms with Crippen LogP contribution in [0.15, 0.2) is 47.3 Å². The van der Waals surface area contributed by atoms with E-state index in [0.717, 1.165) is 31.7 Å². The van der Waals surface area contributed by atoms with Gasteiger partial charge in [0.1, 0.15) is 6.26 Å². The number of rotatable bonds is 4. The van der Waals surface area contributed by atoms with Gasteiger partial charge in [0.2, 0.25) is 0 Å². The summed E-state index contributed by atoms with van der Waals surface area (Å²) in [4.78, 5) is 20.4. The third-order valence-electron chi connectivity index (χ3n) is 4.47. The van der Waals surface area contributed by atoms with Crippen LogP contribution in [-0.2, 0) is 19.5 Å². The molecule has 0 bridgehead atoms. The van der Waals surface area contributed by atoms with Crippen LogP contribution >= 0.6 is 11.3 Å². The first-order chi connectivity index (χ1) is 12.2. The van der Waals surface area contributed by atoms with Crippen LogP contribution in [0.3, 0.4) is 0 Å². The Labute approximate surface area is 150 Å². The maximum atomic E-state index is 12.1. The van der Waals surface area contributed by atoms with E-state index in [1.807, 2.05) is 0 Å². The molecule has 3 heterocycles. The van der Waals surface area contributed by atoms with Crippen LogP contribution in [-0.4, -0.2) is 22.3 Å². The van der Waals surface area contributed by atoms with Gasteiger partial charge in [-0.3, -0.25) is 15.0 Å². The Balaban J connectivity index is 1.44. The Morgan fingerprint density at radius 3 is 3.04 bits per heavy atom. The fourth-order valence-corrected chi connectivity index (χ4v) is 4.07. The van der Waals surface area contributed by atoms with Gasteiger partial charge in [-0.1, -0.05) is 24.3 Å². The van der Waals surface area contributed by atoms with Gasteiger partial charge in [0.25, 0.3) is 5.91 Å². The Kier molecular flexibility index (Phi) is 4.38. The van der Waals surface area contributed by atoms with E-state index in [9.17, 15) is 4.79 Å². The van der Waals surface area contributed by atoms with Crippen molar-refractivity contribution in [3.05, 3.63) is 70.1 Å². The quantitative estimate of drug-likeness (QED) is 0.774. The highest BCUT2D eigenvalue weighted by atomic mass is 32.1. The molecule has 128 valence electrons. The molecule has 3 aromatic rings. The maximum absolute atomic E-state index is 12.1. The molecule has 0 saturated heterocycles. The zero-order valence-corrected chi connectivity index (χ0v) is 14.8. The Morgan fingerprint density at radius 2 is 2.24 bits per heavy atom. The van der Waals surface area contributed by atoms with Crippen molar-refractivity contribution in [2.24, 2.45) is 0 Å². The van der Waals surface area contributed by atoms with E-state index in [2.05, 4.69) is 46.4 Å².